The second-order valence-corrected chi connectivity index (χ2v) is 5.84. The van der Waals surface area contributed by atoms with E-state index < -0.39 is 0 Å². The number of anilines is 1. The molecule has 0 unspecified atom stereocenters. The van der Waals surface area contributed by atoms with Crippen molar-refractivity contribution < 1.29 is 0 Å². The molecule has 0 spiro atoms. The van der Waals surface area contributed by atoms with Crippen LogP contribution in [0.3, 0.4) is 0 Å². The highest BCUT2D eigenvalue weighted by molar-refractivity contribution is 5.79. The van der Waals surface area contributed by atoms with E-state index in [0.29, 0.717) is 5.95 Å². The summed E-state index contributed by atoms with van der Waals surface area (Å²) < 4.78 is 1.91. The predicted octanol–water partition coefficient (Wildman–Crippen LogP) is 2.96. The van der Waals surface area contributed by atoms with Crippen molar-refractivity contribution in [2.75, 3.05) is 11.9 Å². The Balaban J connectivity index is 2.31. The minimum atomic E-state index is 0.0925. The molecule has 0 atom stereocenters. The summed E-state index contributed by atoms with van der Waals surface area (Å²) in [7, 11) is 0. The second kappa shape index (κ2) is 5.47. The molecule has 2 aromatic heterocycles. The Morgan fingerprint density at radius 2 is 2.00 bits per heavy atom. The molecule has 1 N–H and O–H groups in total. The molecular weight excluding hydrogens is 264 g/mol. The molecule has 0 bridgehead atoms. The van der Waals surface area contributed by atoms with Gasteiger partial charge < -0.3 is 5.32 Å². The lowest BCUT2D eigenvalue weighted by Gasteiger charge is -2.18. The fourth-order valence-electron chi connectivity index (χ4n) is 3.22. The summed E-state index contributed by atoms with van der Waals surface area (Å²) >= 11 is 0. The highest BCUT2D eigenvalue weighted by atomic mass is 16.1. The molecule has 1 aliphatic rings. The number of fused-ring (bicyclic) bond motifs is 1. The van der Waals surface area contributed by atoms with Crippen molar-refractivity contribution >= 4 is 17.0 Å². The average molecular weight is 286 g/mol. The van der Waals surface area contributed by atoms with Crippen LogP contribution in [-0.4, -0.2) is 21.1 Å². The van der Waals surface area contributed by atoms with Gasteiger partial charge in [0, 0.05) is 23.5 Å². The summed E-state index contributed by atoms with van der Waals surface area (Å²) in [4.78, 5) is 21.7. The Labute approximate surface area is 124 Å². The SMILES string of the molecule is CCNc1nc(C)c2cc(C)c(=O)n(C3CCCC3)c2n1. The lowest BCUT2D eigenvalue weighted by atomic mass is 10.1. The molecule has 2 heterocycles. The summed E-state index contributed by atoms with van der Waals surface area (Å²) in [5.74, 6) is 0.609. The van der Waals surface area contributed by atoms with Crippen LogP contribution in [0.1, 0.15) is 49.9 Å². The molecule has 1 saturated carbocycles. The third-order valence-electron chi connectivity index (χ3n) is 4.29. The Bertz CT molecular complexity index is 729. The number of rotatable bonds is 3. The number of hydrogen-bond donors (Lipinski definition) is 1. The highest BCUT2D eigenvalue weighted by Gasteiger charge is 2.22. The minimum absolute atomic E-state index is 0.0925. The largest absolute Gasteiger partial charge is 0.354 e. The number of pyridine rings is 1. The molecule has 2 aromatic rings. The van der Waals surface area contributed by atoms with E-state index in [1.54, 1.807) is 0 Å². The molecule has 5 nitrogen and oxygen atoms in total. The minimum Gasteiger partial charge on any atom is -0.354 e. The van der Waals surface area contributed by atoms with Gasteiger partial charge in [-0.05, 0) is 39.7 Å². The summed E-state index contributed by atoms with van der Waals surface area (Å²) in [5.41, 5.74) is 2.57. The van der Waals surface area contributed by atoms with E-state index in [2.05, 4.69) is 15.3 Å². The van der Waals surface area contributed by atoms with Crippen LogP contribution in [0.4, 0.5) is 5.95 Å². The first kappa shape index (κ1) is 14.0. The molecule has 0 aromatic carbocycles. The van der Waals surface area contributed by atoms with E-state index in [-0.39, 0.29) is 11.6 Å². The van der Waals surface area contributed by atoms with Crippen LogP contribution in [0.25, 0.3) is 11.0 Å². The molecule has 21 heavy (non-hydrogen) atoms. The molecule has 1 fully saturated rings. The van der Waals surface area contributed by atoms with Gasteiger partial charge >= 0.3 is 0 Å². The quantitative estimate of drug-likeness (QED) is 0.942. The molecule has 0 aliphatic heterocycles. The van der Waals surface area contributed by atoms with Crippen molar-refractivity contribution in [2.24, 2.45) is 0 Å². The first-order valence-corrected chi connectivity index (χ1v) is 7.76. The summed E-state index contributed by atoms with van der Waals surface area (Å²) in [6.07, 6.45) is 4.52. The fourth-order valence-corrected chi connectivity index (χ4v) is 3.22. The zero-order chi connectivity index (χ0) is 15.0. The van der Waals surface area contributed by atoms with Gasteiger partial charge in [-0.15, -0.1) is 0 Å². The van der Waals surface area contributed by atoms with Crippen molar-refractivity contribution in [1.82, 2.24) is 14.5 Å². The zero-order valence-electron chi connectivity index (χ0n) is 12.9. The van der Waals surface area contributed by atoms with Gasteiger partial charge in [0.15, 0.2) is 0 Å². The molecule has 1 aliphatic carbocycles. The van der Waals surface area contributed by atoms with Gasteiger partial charge in [-0.3, -0.25) is 9.36 Å². The first-order valence-electron chi connectivity index (χ1n) is 7.76. The van der Waals surface area contributed by atoms with Gasteiger partial charge in [-0.2, -0.15) is 4.98 Å². The predicted molar refractivity (Wildman–Crippen MR) is 84.9 cm³/mol. The Kier molecular flexibility index (Phi) is 3.66. The van der Waals surface area contributed by atoms with Crippen LogP contribution in [0.2, 0.25) is 0 Å². The molecule has 0 saturated heterocycles. The van der Waals surface area contributed by atoms with Gasteiger partial charge in [0.2, 0.25) is 5.95 Å². The zero-order valence-corrected chi connectivity index (χ0v) is 12.9. The van der Waals surface area contributed by atoms with Crippen LogP contribution >= 0.6 is 0 Å². The standard InChI is InChI=1S/C16H22N4O/c1-4-17-16-18-11(3)13-9-10(2)15(21)20(14(13)19-16)12-7-5-6-8-12/h9,12H,4-8H2,1-3H3,(H,17,18,19). The van der Waals surface area contributed by atoms with Crippen molar-refractivity contribution in [3.8, 4) is 0 Å². The van der Waals surface area contributed by atoms with E-state index >= 15 is 0 Å². The maximum atomic E-state index is 12.6. The van der Waals surface area contributed by atoms with E-state index in [0.717, 1.165) is 41.7 Å². The highest BCUT2D eigenvalue weighted by Crippen LogP contribution is 2.31. The molecule has 3 rings (SSSR count). The molecule has 0 amide bonds. The van der Waals surface area contributed by atoms with Crippen LogP contribution in [-0.2, 0) is 0 Å². The number of nitrogens with zero attached hydrogens (tertiary/aromatic N) is 3. The maximum Gasteiger partial charge on any atom is 0.255 e. The lowest BCUT2D eigenvalue weighted by Crippen LogP contribution is -2.27. The Morgan fingerprint density at radius 1 is 1.29 bits per heavy atom. The van der Waals surface area contributed by atoms with Crippen LogP contribution < -0.4 is 10.9 Å². The summed E-state index contributed by atoms with van der Waals surface area (Å²) in [6.45, 7) is 6.64. The van der Waals surface area contributed by atoms with Crippen molar-refractivity contribution in [1.29, 1.82) is 0 Å². The van der Waals surface area contributed by atoms with E-state index in [1.165, 1.54) is 12.8 Å². The number of nitrogens with one attached hydrogen (secondary N) is 1. The normalized spacial score (nSPS) is 15.8. The average Bonchev–Trinajstić information content (AvgIpc) is 2.95. The van der Waals surface area contributed by atoms with E-state index in [4.69, 9.17) is 0 Å². The maximum absolute atomic E-state index is 12.6. The van der Waals surface area contributed by atoms with Crippen LogP contribution in [0, 0.1) is 13.8 Å². The van der Waals surface area contributed by atoms with Crippen LogP contribution in [0.15, 0.2) is 10.9 Å². The first-order chi connectivity index (χ1) is 10.1. The number of aromatic nitrogens is 3. The van der Waals surface area contributed by atoms with Crippen molar-refractivity contribution in [2.45, 2.75) is 52.5 Å². The van der Waals surface area contributed by atoms with Gasteiger partial charge in [-0.1, -0.05) is 12.8 Å². The molecular formula is C16H22N4O. The second-order valence-electron chi connectivity index (χ2n) is 5.84. The molecule has 0 radical (unpaired) electrons. The molecule has 5 heteroatoms. The van der Waals surface area contributed by atoms with Crippen LogP contribution in [0.5, 0.6) is 0 Å². The van der Waals surface area contributed by atoms with Gasteiger partial charge in [0.05, 0.1) is 5.69 Å². The Morgan fingerprint density at radius 3 is 2.67 bits per heavy atom. The van der Waals surface area contributed by atoms with Gasteiger partial charge in [-0.25, -0.2) is 4.98 Å². The number of aryl methyl sites for hydroxylation is 2. The Hall–Kier alpha value is -1.91. The van der Waals surface area contributed by atoms with E-state index in [1.807, 2.05) is 31.4 Å². The summed E-state index contributed by atoms with van der Waals surface area (Å²) in [5, 5.41) is 4.14. The smallest absolute Gasteiger partial charge is 0.255 e. The molecule has 112 valence electrons. The monoisotopic (exact) mass is 286 g/mol. The van der Waals surface area contributed by atoms with E-state index in [9.17, 15) is 4.79 Å². The van der Waals surface area contributed by atoms with Gasteiger partial charge in [0.1, 0.15) is 5.65 Å². The van der Waals surface area contributed by atoms with Crippen molar-refractivity contribution in [3.63, 3.8) is 0 Å². The third-order valence-corrected chi connectivity index (χ3v) is 4.29. The van der Waals surface area contributed by atoms with Gasteiger partial charge in [0.25, 0.3) is 5.56 Å². The summed E-state index contributed by atoms with van der Waals surface area (Å²) in [6, 6.07) is 2.21. The third kappa shape index (κ3) is 2.41. The number of hydrogen-bond acceptors (Lipinski definition) is 4. The lowest BCUT2D eigenvalue weighted by molar-refractivity contribution is 0.514. The topological polar surface area (TPSA) is 59.8 Å². The fraction of sp³-hybridized carbons (Fsp3) is 0.562. The van der Waals surface area contributed by atoms with Crippen molar-refractivity contribution in [3.05, 3.63) is 27.7 Å².